The Kier molecular flexibility index (Phi) is 4.47. The molecule has 0 N–H and O–H groups in total. The van der Waals surface area contributed by atoms with E-state index in [0.717, 1.165) is 12.8 Å². The molecule has 4 heteroatoms. The SMILES string of the molecule is O=C(CCCCc1ccccc1)[N+](=O)[O-]. The molecular formula is C11H13NO3. The molecule has 80 valence electrons. The Hall–Kier alpha value is -1.71. The highest BCUT2D eigenvalue weighted by Gasteiger charge is 2.12. The van der Waals surface area contributed by atoms with Crippen LogP contribution in [0.3, 0.4) is 0 Å². The number of unbranched alkanes of at least 4 members (excludes halogenated alkanes) is 1. The third-order valence-electron chi connectivity index (χ3n) is 2.15. The van der Waals surface area contributed by atoms with Crippen molar-refractivity contribution in [2.75, 3.05) is 0 Å². The minimum absolute atomic E-state index is 0.0415. The zero-order valence-corrected chi connectivity index (χ0v) is 8.39. The van der Waals surface area contributed by atoms with Crippen LogP contribution in [0, 0.1) is 10.1 Å². The van der Waals surface area contributed by atoms with Crippen LogP contribution in [-0.2, 0) is 11.2 Å². The molecule has 0 aliphatic heterocycles. The second-order valence-electron chi connectivity index (χ2n) is 3.34. The van der Waals surface area contributed by atoms with E-state index >= 15 is 0 Å². The fraction of sp³-hybridized carbons (Fsp3) is 0.364. The van der Waals surface area contributed by atoms with Crippen LogP contribution in [0.25, 0.3) is 0 Å². The minimum Gasteiger partial charge on any atom is -0.256 e. The maximum Gasteiger partial charge on any atom is 0.444 e. The number of hydrogen-bond donors (Lipinski definition) is 0. The number of hydrogen-bond acceptors (Lipinski definition) is 3. The van der Waals surface area contributed by atoms with Crippen LogP contribution in [-0.4, -0.2) is 10.8 Å². The van der Waals surface area contributed by atoms with Crippen LogP contribution in [0.1, 0.15) is 24.8 Å². The predicted octanol–water partition coefficient (Wildman–Crippen LogP) is 2.20. The van der Waals surface area contributed by atoms with Crippen LogP contribution in [0.2, 0.25) is 0 Å². The average molecular weight is 207 g/mol. The first kappa shape index (κ1) is 11.4. The fourth-order valence-electron chi connectivity index (χ4n) is 1.34. The Morgan fingerprint density at radius 1 is 1.20 bits per heavy atom. The van der Waals surface area contributed by atoms with E-state index in [1.54, 1.807) is 0 Å². The van der Waals surface area contributed by atoms with Crippen molar-refractivity contribution in [2.24, 2.45) is 0 Å². The van der Waals surface area contributed by atoms with Gasteiger partial charge in [-0.2, -0.15) is 0 Å². The summed E-state index contributed by atoms with van der Waals surface area (Å²) in [6, 6.07) is 9.87. The van der Waals surface area contributed by atoms with Gasteiger partial charge in [0.15, 0.2) is 0 Å². The minimum atomic E-state index is -0.886. The molecule has 0 aromatic heterocycles. The van der Waals surface area contributed by atoms with Gasteiger partial charge in [0.25, 0.3) is 0 Å². The lowest BCUT2D eigenvalue weighted by molar-refractivity contribution is -0.402. The molecular weight excluding hydrogens is 194 g/mol. The Morgan fingerprint density at radius 2 is 1.87 bits per heavy atom. The number of nitrogens with zero attached hydrogens (tertiary/aromatic N) is 1. The second kappa shape index (κ2) is 5.90. The van der Waals surface area contributed by atoms with E-state index in [0.29, 0.717) is 6.42 Å². The molecule has 0 aliphatic carbocycles. The number of amides is 1. The van der Waals surface area contributed by atoms with E-state index in [1.165, 1.54) is 5.56 Å². The zero-order valence-electron chi connectivity index (χ0n) is 8.39. The number of carbonyl (C=O) groups excluding carboxylic acids is 1. The first-order valence-electron chi connectivity index (χ1n) is 4.91. The number of nitro groups is 1. The maximum absolute atomic E-state index is 10.7. The van der Waals surface area contributed by atoms with Gasteiger partial charge < -0.3 is 0 Å². The third kappa shape index (κ3) is 4.35. The van der Waals surface area contributed by atoms with Gasteiger partial charge in [-0.05, 0) is 24.8 Å². The highest BCUT2D eigenvalue weighted by molar-refractivity contribution is 5.66. The van der Waals surface area contributed by atoms with Crippen LogP contribution < -0.4 is 0 Å². The summed E-state index contributed by atoms with van der Waals surface area (Å²) in [5.74, 6) is -0.886. The molecule has 0 bridgehead atoms. The highest BCUT2D eigenvalue weighted by atomic mass is 16.6. The summed E-state index contributed by atoms with van der Waals surface area (Å²) >= 11 is 0. The van der Waals surface area contributed by atoms with Gasteiger partial charge in [0.05, 0.1) is 6.42 Å². The van der Waals surface area contributed by atoms with Crippen molar-refractivity contribution in [2.45, 2.75) is 25.7 Å². The van der Waals surface area contributed by atoms with Crippen LogP contribution in [0.15, 0.2) is 30.3 Å². The van der Waals surface area contributed by atoms with Crippen molar-refractivity contribution < 1.29 is 9.72 Å². The molecule has 0 fully saturated rings. The van der Waals surface area contributed by atoms with Gasteiger partial charge in [-0.1, -0.05) is 30.3 Å². The number of carbonyl (C=O) groups is 1. The summed E-state index contributed by atoms with van der Waals surface area (Å²) in [4.78, 5) is 19.8. The molecule has 0 saturated heterocycles. The van der Waals surface area contributed by atoms with Gasteiger partial charge in [0.2, 0.25) is 0 Å². The number of rotatable bonds is 5. The van der Waals surface area contributed by atoms with Gasteiger partial charge in [-0.3, -0.25) is 10.1 Å². The molecule has 15 heavy (non-hydrogen) atoms. The summed E-state index contributed by atoms with van der Waals surface area (Å²) in [5, 5.41) is 10.0. The smallest absolute Gasteiger partial charge is 0.256 e. The van der Waals surface area contributed by atoms with E-state index in [2.05, 4.69) is 0 Å². The molecule has 1 rings (SSSR count). The summed E-state index contributed by atoms with van der Waals surface area (Å²) in [6.45, 7) is 0. The van der Waals surface area contributed by atoms with Crippen molar-refractivity contribution in [3.05, 3.63) is 46.0 Å². The quantitative estimate of drug-likeness (QED) is 0.422. The van der Waals surface area contributed by atoms with Crippen LogP contribution >= 0.6 is 0 Å². The predicted molar refractivity (Wildman–Crippen MR) is 56.0 cm³/mol. The molecule has 1 amide bonds. The second-order valence-corrected chi connectivity index (χ2v) is 3.34. The monoisotopic (exact) mass is 207 g/mol. The molecule has 0 atom stereocenters. The van der Waals surface area contributed by atoms with Gasteiger partial charge >= 0.3 is 5.91 Å². The first-order valence-corrected chi connectivity index (χ1v) is 4.91. The first-order chi connectivity index (χ1) is 7.20. The van der Waals surface area contributed by atoms with Gasteiger partial charge in [-0.25, -0.2) is 4.79 Å². The Bertz CT molecular complexity index is 335. The lowest BCUT2D eigenvalue weighted by Crippen LogP contribution is -2.10. The third-order valence-corrected chi connectivity index (χ3v) is 2.15. The summed E-state index contributed by atoms with van der Waals surface area (Å²) in [7, 11) is 0. The largest absolute Gasteiger partial charge is 0.444 e. The van der Waals surface area contributed by atoms with Crippen molar-refractivity contribution in [1.29, 1.82) is 0 Å². The van der Waals surface area contributed by atoms with Crippen molar-refractivity contribution in [1.82, 2.24) is 0 Å². The van der Waals surface area contributed by atoms with Crippen molar-refractivity contribution in [3.8, 4) is 0 Å². The van der Waals surface area contributed by atoms with Crippen molar-refractivity contribution in [3.63, 3.8) is 0 Å². The van der Waals surface area contributed by atoms with Crippen LogP contribution in [0.5, 0.6) is 0 Å². The average Bonchev–Trinajstić information content (AvgIpc) is 2.25. The number of benzene rings is 1. The normalized spacial score (nSPS) is 9.87. The molecule has 0 radical (unpaired) electrons. The maximum atomic E-state index is 10.7. The summed E-state index contributed by atoms with van der Waals surface area (Å²) in [5.41, 5.74) is 1.20. The molecule has 0 unspecified atom stereocenters. The van der Waals surface area contributed by atoms with E-state index < -0.39 is 10.8 Å². The lowest BCUT2D eigenvalue weighted by Gasteiger charge is -1.98. The summed E-state index contributed by atoms with van der Waals surface area (Å²) < 4.78 is 0. The zero-order chi connectivity index (χ0) is 11.1. The van der Waals surface area contributed by atoms with E-state index in [9.17, 15) is 14.9 Å². The van der Waals surface area contributed by atoms with Gasteiger partial charge in [0, 0.05) is 0 Å². The van der Waals surface area contributed by atoms with E-state index in [-0.39, 0.29) is 6.42 Å². The fourth-order valence-corrected chi connectivity index (χ4v) is 1.34. The van der Waals surface area contributed by atoms with E-state index in [4.69, 9.17) is 0 Å². The Labute approximate surface area is 88.1 Å². The molecule has 0 aliphatic rings. The Morgan fingerprint density at radius 3 is 2.47 bits per heavy atom. The lowest BCUT2D eigenvalue weighted by atomic mass is 10.1. The topological polar surface area (TPSA) is 60.2 Å². The molecule has 1 aromatic rings. The van der Waals surface area contributed by atoms with Crippen LogP contribution in [0.4, 0.5) is 0 Å². The number of aryl methyl sites for hydroxylation is 1. The van der Waals surface area contributed by atoms with Gasteiger partial charge in [0.1, 0.15) is 4.92 Å². The molecule has 0 heterocycles. The molecule has 4 nitrogen and oxygen atoms in total. The highest BCUT2D eigenvalue weighted by Crippen LogP contribution is 2.06. The molecule has 0 spiro atoms. The van der Waals surface area contributed by atoms with E-state index in [1.807, 2.05) is 30.3 Å². The standard InChI is InChI=1S/C11H13NO3/c13-11(12(14)15)9-5-4-8-10-6-2-1-3-7-10/h1-3,6-7H,4-5,8-9H2. The Balaban J connectivity index is 2.18. The summed E-state index contributed by atoms with van der Waals surface area (Å²) in [6.07, 6.45) is 2.30. The van der Waals surface area contributed by atoms with Crippen molar-refractivity contribution >= 4 is 5.91 Å². The van der Waals surface area contributed by atoms with Gasteiger partial charge in [-0.15, -0.1) is 0 Å². The molecule has 1 aromatic carbocycles. The molecule has 0 saturated carbocycles.